The molecule has 2 nitrogen and oxygen atoms in total. The Balaban J connectivity index is 2.35. The topological polar surface area (TPSA) is 25.2 Å². The Morgan fingerprint density at radius 1 is 1.17 bits per heavy atom. The molecular formula is C16H20N2. The molecule has 18 heavy (non-hydrogen) atoms. The molecule has 1 aromatic carbocycles. The number of nitrogens with zero attached hydrogens (tertiary/aromatic N) is 2. The van der Waals surface area contributed by atoms with Crippen molar-refractivity contribution >= 4 is 17.1 Å². The molecule has 94 valence electrons. The highest BCUT2D eigenvalue weighted by molar-refractivity contribution is 5.97. The van der Waals surface area contributed by atoms with Crippen LogP contribution in [0.15, 0.2) is 41.5 Å². The second-order valence-electron chi connectivity index (χ2n) is 5.74. The summed E-state index contributed by atoms with van der Waals surface area (Å²) in [4.78, 5) is 9.08. The molecule has 1 aromatic heterocycles. The van der Waals surface area contributed by atoms with Crippen LogP contribution in [-0.2, 0) is 0 Å². The van der Waals surface area contributed by atoms with Gasteiger partial charge < -0.3 is 0 Å². The van der Waals surface area contributed by atoms with E-state index in [0.29, 0.717) is 0 Å². The average Bonchev–Trinajstić information content (AvgIpc) is 2.34. The summed E-state index contributed by atoms with van der Waals surface area (Å²) in [6, 6.07) is 10.5. The standard InChI is InChI=1S/C16H20N2/c1-12(16(2,3)4)18-11-14-8-5-7-13-9-6-10-17-15(13)14/h5-12H,1-4H3. The molecule has 0 bridgehead atoms. The van der Waals surface area contributed by atoms with Crippen molar-refractivity contribution in [1.82, 2.24) is 4.98 Å². The first-order valence-corrected chi connectivity index (χ1v) is 6.35. The Labute approximate surface area is 109 Å². The number of fused-ring (bicyclic) bond motifs is 1. The van der Waals surface area contributed by atoms with Gasteiger partial charge in [-0.3, -0.25) is 9.98 Å². The van der Waals surface area contributed by atoms with Crippen molar-refractivity contribution in [2.45, 2.75) is 33.7 Å². The molecule has 0 fully saturated rings. The molecule has 1 heterocycles. The van der Waals surface area contributed by atoms with Crippen LogP contribution in [0.1, 0.15) is 33.3 Å². The highest BCUT2D eigenvalue weighted by Crippen LogP contribution is 2.22. The van der Waals surface area contributed by atoms with Gasteiger partial charge in [-0.15, -0.1) is 0 Å². The number of pyridine rings is 1. The maximum Gasteiger partial charge on any atom is 0.0789 e. The SMILES string of the molecule is CC(N=Cc1cccc2cccnc12)C(C)(C)C. The Morgan fingerprint density at radius 2 is 1.89 bits per heavy atom. The van der Waals surface area contributed by atoms with E-state index in [1.807, 2.05) is 24.5 Å². The largest absolute Gasteiger partial charge is 0.289 e. The van der Waals surface area contributed by atoms with Crippen molar-refractivity contribution in [2.24, 2.45) is 10.4 Å². The van der Waals surface area contributed by atoms with Crippen LogP contribution in [0, 0.1) is 5.41 Å². The number of para-hydroxylation sites is 1. The second-order valence-corrected chi connectivity index (χ2v) is 5.74. The summed E-state index contributed by atoms with van der Waals surface area (Å²) in [6.45, 7) is 8.76. The van der Waals surface area contributed by atoms with Crippen LogP contribution >= 0.6 is 0 Å². The van der Waals surface area contributed by atoms with Crippen molar-refractivity contribution in [3.63, 3.8) is 0 Å². The van der Waals surface area contributed by atoms with E-state index in [-0.39, 0.29) is 11.5 Å². The van der Waals surface area contributed by atoms with Gasteiger partial charge in [-0.05, 0) is 18.4 Å². The van der Waals surface area contributed by atoms with Gasteiger partial charge in [0.1, 0.15) is 0 Å². The molecule has 1 atom stereocenters. The minimum Gasteiger partial charge on any atom is -0.289 e. The molecule has 0 amide bonds. The Kier molecular flexibility index (Phi) is 3.46. The fraction of sp³-hybridized carbons (Fsp3) is 0.375. The van der Waals surface area contributed by atoms with Gasteiger partial charge in [0.25, 0.3) is 0 Å². The minimum atomic E-state index is 0.189. The lowest BCUT2D eigenvalue weighted by molar-refractivity contribution is 0.342. The van der Waals surface area contributed by atoms with Crippen molar-refractivity contribution in [3.05, 3.63) is 42.1 Å². The zero-order valence-electron chi connectivity index (χ0n) is 11.5. The number of hydrogen-bond acceptors (Lipinski definition) is 2. The summed E-state index contributed by atoms with van der Waals surface area (Å²) < 4.78 is 0. The third-order valence-corrected chi connectivity index (χ3v) is 3.35. The summed E-state index contributed by atoms with van der Waals surface area (Å²) in [5.41, 5.74) is 2.29. The Morgan fingerprint density at radius 3 is 2.61 bits per heavy atom. The molecule has 0 aliphatic carbocycles. The highest BCUT2D eigenvalue weighted by Gasteiger charge is 2.18. The summed E-state index contributed by atoms with van der Waals surface area (Å²) in [7, 11) is 0. The third kappa shape index (κ3) is 2.76. The molecule has 0 aliphatic rings. The van der Waals surface area contributed by atoms with Crippen molar-refractivity contribution in [3.8, 4) is 0 Å². The first kappa shape index (κ1) is 12.7. The van der Waals surface area contributed by atoms with Gasteiger partial charge in [-0.2, -0.15) is 0 Å². The maximum absolute atomic E-state index is 4.65. The Bertz CT molecular complexity index is 559. The summed E-state index contributed by atoms with van der Waals surface area (Å²) >= 11 is 0. The molecule has 0 saturated heterocycles. The molecule has 2 aromatic rings. The minimum absolute atomic E-state index is 0.189. The molecule has 0 saturated carbocycles. The molecule has 0 N–H and O–H groups in total. The molecule has 0 radical (unpaired) electrons. The van der Waals surface area contributed by atoms with Gasteiger partial charge >= 0.3 is 0 Å². The van der Waals surface area contributed by atoms with Crippen LogP contribution in [0.5, 0.6) is 0 Å². The lowest BCUT2D eigenvalue weighted by atomic mass is 9.88. The molecular weight excluding hydrogens is 220 g/mol. The molecule has 1 unspecified atom stereocenters. The predicted molar refractivity (Wildman–Crippen MR) is 78.3 cm³/mol. The smallest absolute Gasteiger partial charge is 0.0789 e. The predicted octanol–water partition coefficient (Wildman–Crippen LogP) is 4.09. The van der Waals surface area contributed by atoms with Crippen LogP contribution in [-0.4, -0.2) is 17.2 Å². The number of hydrogen-bond donors (Lipinski definition) is 0. The van der Waals surface area contributed by atoms with Gasteiger partial charge in [-0.1, -0.05) is 45.0 Å². The van der Waals surface area contributed by atoms with E-state index in [0.717, 1.165) is 16.5 Å². The first-order chi connectivity index (χ1) is 8.48. The van der Waals surface area contributed by atoms with E-state index in [9.17, 15) is 0 Å². The first-order valence-electron chi connectivity index (χ1n) is 6.35. The number of rotatable bonds is 2. The van der Waals surface area contributed by atoms with Crippen LogP contribution < -0.4 is 0 Å². The number of aromatic nitrogens is 1. The number of benzene rings is 1. The third-order valence-electron chi connectivity index (χ3n) is 3.35. The lowest BCUT2D eigenvalue weighted by Gasteiger charge is -2.23. The van der Waals surface area contributed by atoms with Gasteiger partial charge in [0.15, 0.2) is 0 Å². The maximum atomic E-state index is 4.65. The molecule has 2 heteroatoms. The summed E-state index contributed by atoms with van der Waals surface area (Å²) in [6.07, 6.45) is 3.78. The van der Waals surface area contributed by atoms with Crippen LogP contribution in [0.4, 0.5) is 0 Å². The van der Waals surface area contributed by atoms with E-state index in [1.165, 1.54) is 0 Å². The van der Waals surface area contributed by atoms with E-state index in [1.54, 1.807) is 0 Å². The van der Waals surface area contributed by atoms with Crippen molar-refractivity contribution < 1.29 is 0 Å². The van der Waals surface area contributed by atoms with Gasteiger partial charge in [-0.25, -0.2) is 0 Å². The molecule has 0 aliphatic heterocycles. The van der Waals surface area contributed by atoms with Gasteiger partial charge in [0.2, 0.25) is 0 Å². The van der Waals surface area contributed by atoms with Crippen LogP contribution in [0.2, 0.25) is 0 Å². The average molecular weight is 240 g/mol. The fourth-order valence-corrected chi connectivity index (χ4v) is 1.65. The normalized spacial score (nSPS) is 14.2. The lowest BCUT2D eigenvalue weighted by Crippen LogP contribution is -2.20. The monoisotopic (exact) mass is 240 g/mol. The van der Waals surface area contributed by atoms with Gasteiger partial charge in [0, 0.05) is 23.4 Å². The van der Waals surface area contributed by atoms with Crippen LogP contribution in [0.3, 0.4) is 0 Å². The highest BCUT2D eigenvalue weighted by atomic mass is 14.8. The van der Waals surface area contributed by atoms with Crippen molar-refractivity contribution in [1.29, 1.82) is 0 Å². The fourth-order valence-electron chi connectivity index (χ4n) is 1.65. The Hall–Kier alpha value is -1.70. The van der Waals surface area contributed by atoms with E-state index in [2.05, 4.69) is 55.9 Å². The zero-order valence-corrected chi connectivity index (χ0v) is 11.5. The molecule has 0 spiro atoms. The van der Waals surface area contributed by atoms with Crippen molar-refractivity contribution in [2.75, 3.05) is 0 Å². The van der Waals surface area contributed by atoms with E-state index in [4.69, 9.17) is 0 Å². The van der Waals surface area contributed by atoms with Gasteiger partial charge in [0.05, 0.1) is 11.6 Å². The van der Waals surface area contributed by atoms with E-state index >= 15 is 0 Å². The zero-order chi connectivity index (χ0) is 13.2. The quantitative estimate of drug-likeness (QED) is 0.726. The number of aliphatic imine (C=N–C) groups is 1. The second kappa shape index (κ2) is 4.89. The summed E-state index contributed by atoms with van der Waals surface area (Å²) in [5.74, 6) is 0. The molecule has 2 rings (SSSR count). The van der Waals surface area contributed by atoms with E-state index < -0.39 is 0 Å². The summed E-state index contributed by atoms with van der Waals surface area (Å²) in [5, 5.41) is 1.16. The van der Waals surface area contributed by atoms with Crippen LogP contribution in [0.25, 0.3) is 10.9 Å².